The van der Waals surface area contributed by atoms with Crippen LogP contribution in [0.3, 0.4) is 0 Å². The molecule has 3 aliphatic carbocycles. The van der Waals surface area contributed by atoms with Crippen LogP contribution < -0.4 is 15.7 Å². The Balaban J connectivity index is 1.19. The van der Waals surface area contributed by atoms with Crippen molar-refractivity contribution in [3.8, 4) is 39.1 Å². The molecule has 0 saturated heterocycles. The van der Waals surface area contributed by atoms with E-state index in [9.17, 15) is 0 Å². The SMILES string of the molecule is CC(C)(C)c1ccc(N2B3c4cc5c(cc4-n4c6cc7c(cc6c6c8oc9ccccc9c8c(c3c64)-c3cc4c(cc32)C(C)(C)c2ccccc2-4)C(C)(C)CCC7(C)C)-c2ccccc2C5(C)C)cc1. The number of fused-ring (bicyclic) bond motifs is 20. The number of hydrogen-bond donors (Lipinski definition) is 0. The first kappa shape index (κ1) is 41.0. The summed E-state index contributed by atoms with van der Waals surface area (Å²) in [4.78, 5) is 2.76. The zero-order valence-electron chi connectivity index (χ0n) is 42.5. The lowest BCUT2D eigenvalue weighted by atomic mass is 9.43. The Morgan fingerprint density at radius 3 is 1.79 bits per heavy atom. The fraction of sp³-hybridized carbons (Fsp3) is 0.273. The first-order valence-electron chi connectivity index (χ1n) is 25.8. The summed E-state index contributed by atoms with van der Waals surface area (Å²) in [7, 11) is 0. The number of para-hydroxylation sites is 1. The molecule has 4 heteroatoms. The molecule has 2 aliphatic heterocycles. The zero-order valence-corrected chi connectivity index (χ0v) is 42.5. The van der Waals surface area contributed by atoms with Gasteiger partial charge in [0.15, 0.2) is 0 Å². The minimum absolute atomic E-state index is 0.0173. The monoisotopic (exact) mass is 906 g/mol. The van der Waals surface area contributed by atoms with E-state index in [0.717, 1.165) is 24.0 Å². The molecule has 0 fully saturated rings. The highest BCUT2D eigenvalue weighted by Gasteiger charge is 2.50. The third-order valence-electron chi connectivity index (χ3n) is 18.6. The average molecular weight is 907 g/mol. The Bertz CT molecular complexity index is 4050. The first-order valence-corrected chi connectivity index (χ1v) is 25.8. The molecule has 0 saturated carbocycles. The second-order valence-corrected chi connectivity index (χ2v) is 25.1. The summed E-state index contributed by atoms with van der Waals surface area (Å²) in [6, 6.07) is 52.4. The van der Waals surface area contributed by atoms with Gasteiger partial charge in [0.2, 0.25) is 0 Å². The van der Waals surface area contributed by atoms with Gasteiger partial charge >= 0.3 is 6.85 Å². The summed E-state index contributed by atoms with van der Waals surface area (Å²) in [5.74, 6) is 0. The van der Waals surface area contributed by atoms with Gasteiger partial charge in [-0.05, 0) is 155 Å². The molecule has 4 heterocycles. The lowest BCUT2D eigenvalue weighted by Gasteiger charge is -2.43. The minimum atomic E-state index is -0.182. The van der Waals surface area contributed by atoms with Crippen LogP contribution in [0.25, 0.3) is 82.8 Å². The Labute approximate surface area is 412 Å². The molecule has 0 spiro atoms. The number of hydrogen-bond acceptors (Lipinski definition) is 2. The summed E-state index contributed by atoms with van der Waals surface area (Å²) < 4.78 is 10.1. The molecular formula is C66H59BN2O. The summed E-state index contributed by atoms with van der Waals surface area (Å²) in [5, 5.41) is 4.93. The smallest absolute Gasteiger partial charge is 0.333 e. The van der Waals surface area contributed by atoms with E-state index in [4.69, 9.17) is 4.42 Å². The van der Waals surface area contributed by atoms with E-state index in [2.05, 4.69) is 219 Å². The maximum absolute atomic E-state index is 7.41. The summed E-state index contributed by atoms with van der Waals surface area (Å²) >= 11 is 0. The van der Waals surface area contributed by atoms with E-state index < -0.39 is 0 Å². The van der Waals surface area contributed by atoms with Crippen LogP contribution >= 0.6 is 0 Å². The largest absolute Gasteiger partial charge is 0.455 e. The molecule has 5 aliphatic rings. The van der Waals surface area contributed by atoms with Gasteiger partial charge in [0.25, 0.3) is 0 Å². The van der Waals surface area contributed by atoms with Gasteiger partial charge in [-0.1, -0.05) is 161 Å². The average Bonchev–Trinajstić information content (AvgIpc) is 4.02. The lowest BCUT2D eigenvalue weighted by Crippen LogP contribution is -2.60. The molecule has 0 unspecified atom stereocenters. The zero-order chi connectivity index (χ0) is 47.9. The molecule has 0 amide bonds. The topological polar surface area (TPSA) is 21.3 Å². The van der Waals surface area contributed by atoms with Gasteiger partial charge in [-0.15, -0.1) is 0 Å². The van der Waals surface area contributed by atoms with Crippen LogP contribution in [0.5, 0.6) is 0 Å². The van der Waals surface area contributed by atoms with Gasteiger partial charge in [-0.25, -0.2) is 0 Å². The second kappa shape index (κ2) is 12.8. The normalized spacial score (nSPS) is 17.9. The van der Waals surface area contributed by atoms with Crippen molar-refractivity contribution in [1.82, 2.24) is 4.57 Å². The Morgan fingerprint density at radius 1 is 0.514 bits per heavy atom. The van der Waals surface area contributed by atoms with Crippen molar-refractivity contribution < 1.29 is 4.42 Å². The maximum atomic E-state index is 7.41. The highest BCUT2D eigenvalue weighted by Crippen LogP contribution is 2.58. The van der Waals surface area contributed by atoms with Crippen LogP contribution in [-0.2, 0) is 27.1 Å². The molecule has 10 aromatic rings. The van der Waals surface area contributed by atoms with Gasteiger partial charge < -0.3 is 13.8 Å². The van der Waals surface area contributed by atoms with E-state index >= 15 is 0 Å². The van der Waals surface area contributed by atoms with Crippen molar-refractivity contribution >= 4 is 72.9 Å². The molecule has 0 atom stereocenters. The molecule has 70 heavy (non-hydrogen) atoms. The van der Waals surface area contributed by atoms with E-state index in [1.54, 1.807) is 0 Å². The van der Waals surface area contributed by atoms with Gasteiger partial charge in [-0.3, -0.25) is 0 Å². The lowest BCUT2D eigenvalue weighted by molar-refractivity contribution is 0.332. The number of rotatable bonds is 1. The van der Waals surface area contributed by atoms with Crippen LogP contribution in [-0.4, -0.2) is 11.4 Å². The molecule has 15 rings (SSSR count). The molecule has 342 valence electrons. The number of benzene rings is 8. The highest BCUT2D eigenvalue weighted by atomic mass is 16.3. The number of aromatic nitrogens is 1. The Kier molecular flexibility index (Phi) is 7.48. The van der Waals surface area contributed by atoms with Crippen molar-refractivity contribution in [2.24, 2.45) is 0 Å². The van der Waals surface area contributed by atoms with Crippen molar-refractivity contribution in [1.29, 1.82) is 0 Å². The van der Waals surface area contributed by atoms with Crippen LogP contribution in [0.15, 0.2) is 138 Å². The van der Waals surface area contributed by atoms with E-state index in [1.165, 1.54) is 133 Å². The van der Waals surface area contributed by atoms with Crippen LogP contribution in [0.4, 0.5) is 11.4 Å². The third-order valence-corrected chi connectivity index (χ3v) is 18.6. The predicted octanol–water partition coefficient (Wildman–Crippen LogP) is 16.2. The molecule has 0 radical (unpaired) electrons. The van der Waals surface area contributed by atoms with E-state index in [1.807, 2.05) is 0 Å². The van der Waals surface area contributed by atoms with E-state index in [0.29, 0.717) is 0 Å². The quantitative estimate of drug-likeness (QED) is 0.153. The standard InChI is InChI=1S/C66H59BN2O/c1-62(2,3)36-24-26-37(27-25-36)69-53-34-48-41(38-18-12-15-21-45(38)66(48,10)11)30-43(53)56-57-40-20-14-17-23-55(40)70-61(57)58-44-31-49-50(64(6,7)29-28-63(49,4)5)35-52(44)68-54-32-42-39-19-13-16-22-46(39)65(8,9)47(42)33-51(54)67(69)59(56)60(58)68/h12-27,30-35H,28-29H2,1-11H3. The van der Waals surface area contributed by atoms with Gasteiger partial charge in [0.1, 0.15) is 11.2 Å². The summed E-state index contributed by atoms with van der Waals surface area (Å²) in [5.41, 5.74) is 28.5. The van der Waals surface area contributed by atoms with Gasteiger partial charge in [0.05, 0.1) is 16.4 Å². The molecule has 0 N–H and O–H groups in total. The molecular weight excluding hydrogens is 848 g/mol. The van der Waals surface area contributed by atoms with Gasteiger partial charge in [-0.2, -0.15) is 0 Å². The third kappa shape index (κ3) is 4.88. The van der Waals surface area contributed by atoms with Crippen LogP contribution in [0.2, 0.25) is 0 Å². The molecule has 8 aromatic carbocycles. The summed E-state index contributed by atoms with van der Waals surface area (Å²) in [6.07, 6.45) is 2.31. The van der Waals surface area contributed by atoms with Crippen LogP contribution in [0.1, 0.15) is 128 Å². The highest BCUT2D eigenvalue weighted by molar-refractivity contribution is 6.94. The van der Waals surface area contributed by atoms with Gasteiger partial charge in [0, 0.05) is 49.6 Å². The summed E-state index contributed by atoms with van der Waals surface area (Å²) in [6.45, 7) is 26.4. The molecule has 2 aromatic heterocycles. The first-order chi connectivity index (χ1) is 33.4. The second-order valence-electron chi connectivity index (χ2n) is 25.1. The Morgan fingerprint density at radius 2 is 1.11 bits per heavy atom. The minimum Gasteiger partial charge on any atom is -0.455 e. The maximum Gasteiger partial charge on any atom is 0.333 e. The van der Waals surface area contributed by atoms with Crippen molar-refractivity contribution in [3.63, 3.8) is 0 Å². The predicted molar refractivity (Wildman–Crippen MR) is 296 cm³/mol. The van der Waals surface area contributed by atoms with Crippen molar-refractivity contribution in [2.45, 2.75) is 116 Å². The number of nitrogens with zero attached hydrogens (tertiary/aromatic N) is 2. The van der Waals surface area contributed by atoms with E-state index in [-0.39, 0.29) is 33.9 Å². The number of furan rings is 1. The fourth-order valence-corrected chi connectivity index (χ4v) is 14.6. The van der Waals surface area contributed by atoms with Crippen molar-refractivity contribution in [2.75, 3.05) is 4.81 Å². The van der Waals surface area contributed by atoms with Crippen molar-refractivity contribution in [3.05, 3.63) is 172 Å². The van der Waals surface area contributed by atoms with Crippen LogP contribution in [0, 0.1) is 0 Å². The fourth-order valence-electron chi connectivity index (χ4n) is 14.6. The number of anilines is 2. The molecule has 0 bridgehead atoms. The molecule has 3 nitrogen and oxygen atoms in total. The Hall–Kier alpha value is -6.78.